The fourth-order valence-corrected chi connectivity index (χ4v) is 5.08. The fourth-order valence-electron chi connectivity index (χ4n) is 5.08. The largest absolute Gasteiger partial charge is 0.387 e. The van der Waals surface area contributed by atoms with E-state index in [1.165, 1.54) is 11.1 Å². The van der Waals surface area contributed by atoms with Crippen LogP contribution in [-0.4, -0.2) is 71.7 Å². The Kier molecular flexibility index (Phi) is 12.6. The molecule has 4 aromatic carbocycles. The first-order valence-corrected chi connectivity index (χ1v) is 15.4. The lowest BCUT2D eigenvalue weighted by Gasteiger charge is -2.29. The van der Waals surface area contributed by atoms with Crippen LogP contribution in [0.15, 0.2) is 119 Å². The quantitative estimate of drug-likeness (QED) is 0.125. The van der Waals surface area contributed by atoms with E-state index in [0.29, 0.717) is 13.1 Å². The number of aliphatic hydroxyl groups is 2. The van der Waals surface area contributed by atoms with Crippen LogP contribution in [-0.2, 0) is 13.1 Å². The van der Waals surface area contributed by atoms with Gasteiger partial charge in [0.05, 0.1) is 25.3 Å². The number of rotatable bonds is 15. The van der Waals surface area contributed by atoms with Crippen molar-refractivity contribution in [3.63, 3.8) is 0 Å². The first-order valence-electron chi connectivity index (χ1n) is 15.4. The van der Waals surface area contributed by atoms with Crippen LogP contribution >= 0.6 is 0 Å². The van der Waals surface area contributed by atoms with E-state index >= 15 is 0 Å². The molecule has 0 fully saturated rings. The van der Waals surface area contributed by atoms with Crippen LogP contribution in [0.2, 0.25) is 0 Å². The average molecular weight is 591 g/mol. The molecule has 0 saturated carbocycles. The summed E-state index contributed by atoms with van der Waals surface area (Å²) in [6.45, 7) is 6.87. The van der Waals surface area contributed by atoms with Crippen LogP contribution in [0.1, 0.15) is 59.4 Å². The Morgan fingerprint density at radius 3 is 1.23 bits per heavy atom. The molecule has 0 amide bonds. The molecule has 6 nitrogen and oxygen atoms in total. The van der Waals surface area contributed by atoms with Crippen molar-refractivity contribution < 1.29 is 10.2 Å². The van der Waals surface area contributed by atoms with Crippen LogP contribution in [0.25, 0.3) is 0 Å². The second-order valence-electron chi connectivity index (χ2n) is 11.6. The van der Waals surface area contributed by atoms with Crippen molar-refractivity contribution in [2.45, 2.75) is 51.2 Å². The molecule has 0 aliphatic carbocycles. The van der Waals surface area contributed by atoms with Crippen molar-refractivity contribution >= 4 is 12.4 Å². The van der Waals surface area contributed by atoms with Gasteiger partial charge in [-0.25, -0.2) is 0 Å². The molecule has 0 saturated heterocycles. The maximum atomic E-state index is 10.7. The molecular formula is C38H46N4O2. The molecule has 0 spiro atoms. The summed E-state index contributed by atoms with van der Waals surface area (Å²) in [7, 11) is 4.08. The molecule has 0 unspecified atom stereocenters. The second-order valence-corrected chi connectivity index (χ2v) is 11.6. The molecule has 44 heavy (non-hydrogen) atoms. The predicted molar refractivity (Wildman–Crippen MR) is 182 cm³/mol. The Hall–Kier alpha value is -3.94. The molecule has 4 atom stereocenters. The van der Waals surface area contributed by atoms with Gasteiger partial charge in [0.25, 0.3) is 0 Å². The van der Waals surface area contributed by atoms with Crippen molar-refractivity contribution in [1.82, 2.24) is 9.80 Å². The zero-order valence-corrected chi connectivity index (χ0v) is 26.4. The summed E-state index contributed by atoms with van der Waals surface area (Å²) in [5, 5.41) is 21.5. The number of likely N-dealkylation sites (N-methyl/N-ethyl adjacent to an activating group) is 2. The van der Waals surface area contributed by atoms with Gasteiger partial charge in [-0.2, -0.15) is 0 Å². The Labute approximate surface area is 263 Å². The lowest BCUT2D eigenvalue weighted by Crippen LogP contribution is -2.33. The Morgan fingerprint density at radius 2 is 0.886 bits per heavy atom. The summed E-state index contributed by atoms with van der Waals surface area (Å²) in [6, 6.07) is 36.4. The van der Waals surface area contributed by atoms with Gasteiger partial charge in [-0.3, -0.25) is 19.8 Å². The molecule has 230 valence electrons. The molecular weight excluding hydrogens is 544 g/mol. The van der Waals surface area contributed by atoms with Crippen molar-refractivity contribution in [1.29, 1.82) is 0 Å². The molecule has 4 rings (SSSR count). The van der Waals surface area contributed by atoms with E-state index in [1.54, 1.807) is 0 Å². The molecule has 4 aromatic rings. The van der Waals surface area contributed by atoms with Crippen molar-refractivity contribution in [3.05, 3.63) is 143 Å². The third kappa shape index (κ3) is 9.79. The molecule has 0 aliphatic rings. The standard InChI is InChI=1S/C38H46N4O2/c1-29(37(43)35-11-7-5-8-12-35)41(3)27-33-19-15-31(16-20-33)25-39-23-24-40-26-32-17-21-34(22-18-32)28-42(4)30(2)38(44)36-13-9-6-10-14-36/h5-22,25-26,29-30,37-38,43-44H,23-24,27-28H2,1-4H3/t29-,30-,37-,38-/m0/s1. The van der Waals surface area contributed by atoms with E-state index in [9.17, 15) is 10.2 Å². The third-order valence-electron chi connectivity index (χ3n) is 8.25. The van der Waals surface area contributed by atoms with Gasteiger partial charge < -0.3 is 10.2 Å². The maximum Gasteiger partial charge on any atom is 0.0942 e. The number of aliphatic hydroxyl groups excluding tert-OH is 2. The fraction of sp³-hybridized carbons (Fsp3) is 0.316. The lowest BCUT2D eigenvalue weighted by molar-refractivity contribution is 0.0687. The van der Waals surface area contributed by atoms with Gasteiger partial charge in [0.1, 0.15) is 0 Å². The second kappa shape index (κ2) is 16.8. The number of hydrogen-bond acceptors (Lipinski definition) is 6. The SMILES string of the molecule is C[C@@H]([C@H](O)c1ccccc1)N(C)Cc1ccc(C=NCCN=Cc2ccc(CN(C)[C@@H](C)[C@H](O)c3ccccc3)cc2)cc1. The van der Waals surface area contributed by atoms with Crippen LogP contribution < -0.4 is 0 Å². The van der Waals surface area contributed by atoms with Gasteiger partial charge in [-0.15, -0.1) is 0 Å². The minimum Gasteiger partial charge on any atom is -0.387 e. The summed E-state index contributed by atoms with van der Waals surface area (Å²) in [5.41, 5.74) is 6.38. The van der Waals surface area contributed by atoms with Crippen LogP contribution in [0, 0.1) is 0 Å². The summed E-state index contributed by atoms with van der Waals surface area (Å²) >= 11 is 0. The number of benzene rings is 4. The van der Waals surface area contributed by atoms with Gasteiger partial charge in [-0.05, 0) is 61.3 Å². The summed E-state index contributed by atoms with van der Waals surface area (Å²) < 4.78 is 0. The number of hydrogen-bond donors (Lipinski definition) is 2. The van der Waals surface area contributed by atoms with Crippen molar-refractivity contribution in [2.24, 2.45) is 9.98 Å². The minimum absolute atomic E-state index is 0.00666. The third-order valence-corrected chi connectivity index (χ3v) is 8.25. The first kappa shape index (κ1) is 33.0. The zero-order chi connectivity index (χ0) is 31.3. The molecule has 6 heteroatoms. The van der Waals surface area contributed by atoms with E-state index in [4.69, 9.17) is 0 Å². The van der Waals surface area contributed by atoms with Crippen LogP contribution in [0.3, 0.4) is 0 Å². The zero-order valence-electron chi connectivity index (χ0n) is 26.4. The normalized spacial score (nSPS) is 14.8. The number of nitrogens with zero attached hydrogens (tertiary/aromatic N) is 4. The van der Waals surface area contributed by atoms with Crippen LogP contribution in [0.5, 0.6) is 0 Å². The van der Waals surface area contributed by atoms with Crippen LogP contribution in [0.4, 0.5) is 0 Å². The predicted octanol–water partition coefficient (Wildman–Crippen LogP) is 6.33. The maximum absolute atomic E-state index is 10.7. The van der Waals surface area contributed by atoms with Crippen molar-refractivity contribution in [3.8, 4) is 0 Å². The van der Waals surface area contributed by atoms with E-state index < -0.39 is 12.2 Å². The molecule has 0 aromatic heterocycles. The summed E-state index contributed by atoms with van der Waals surface area (Å²) in [4.78, 5) is 13.4. The molecule has 0 aliphatic heterocycles. The van der Waals surface area contributed by atoms with Gasteiger partial charge >= 0.3 is 0 Å². The molecule has 0 bridgehead atoms. The monoisotopic (exact) mass is 590 g/mol. The highest BCUT2D eigenvalue weighted by Gasteiger charge is 2.21. The highest BCUT2D eigenvalue weighted by atomic mass is 16.3. The topological polar surface area (TPSA) is 71.7 Å². The van der Waals surface area contributed by atoms with Gasteiger partial charge in [0.2, 0.25) is 0 Å². The lowest BCUT2D eigenvalue weighted by atomic mass is 10.0. The van der Waals surface area contributed by atoms with E-state index in [1.807, 2.05) is 87.2 Å². The average Bonchev–Trinajstić information content (AvgIpc) is 3.07. The smallest absolute Gasteiger partial charge is 0.0942 e. The summed E-state index contributed by atoms with van der Waals surface area (Å²) in [5.74, 6) is 0. The molecule has 2 N–H and O–H groups in total. The highest BCUT2D eigenvalue weighted by molar-refractivity contribution is 5.80. The van der Waals surface area contributed by atoms with E-state index in [0.717, 1.165) is 35.3 Å². The van der Waals surface area contributed by atoms with E-state index in [-0.39, 0.29) is 12.1 Å². The Morgan fingerprint density at radius 1 is 0.545 bits per heavy atom. The number of aliphatic imine (C=N–C) groups is 2. The van der Waals surface area contributed by atoms with Gasteiger partial charge in [-0.1, -0.05) is 109 Å². The minimum atomic E-state index is -0.531. The molecule has 0 heterocycles. The summed E-state index contributed by atoms with van der Waals surface area (Å²) in [6.07, 6.45) is 2.73. The Bertz CT molecular complexity index is 1330. The highest BCUT2D eigenvalue weighted by Crippen LogP contribution is 2.22. The van der Waals surface area contributed by atoms with Crippen molar-refractivity contribution in [2.75, 3.05) is 27.2 Å². The molecule has 0 radical (unpaired) electrons. The van der Waals surface area contributed by atoms with E-state index in [2.05, 4.69) is 82.2 Å². The first-order chi connectivity index (χ1) is 21.3. The van der Waals surface area contributed by atoms with Gasteiger partial charge in [0.15, 0.2) is 0 Å². The van der Waals surface area contributed by atoms with Gasteiger partial charge in [0, 0.05) is 37.6 Å². The Balaban J connectivity index is 1.17.